The van der Waals surface area contributed by atoms with Crippen molar-refractivity contribution in [1.29, 1.82) is 5.26 Å². The van der Waals surface area contributed by atoms with Crippen LogP contribution in [0.4, 0.5) is 0 Å². The Kier molecular flexibility index (Phi) is 15.8. The van der Waals surface area contributed by atoms with Crippen molar-refractivity contribution in [3.8, 4) is 34.4 Å². The van der Waals surface area contributed by atoms with Gasteiger partial charge in [0.1, 0.15) is 36.5 Å². The molecule has 0 aliphatic heterocycles. The lowest BCUT2D eigenvalue weighted by Crippen LogP contribution is -2.30. The van der Waals surface area contributed by atoms with Gasteiger partial charge in [-0.05, 0) is 31.2 Å². The number of rotatable bonds is 20. The topological polar surface area (TPSA) is 169 Å². The monoisotopic (exact) mass is 744 g/mol. The molecule has 0 aliphatic carbocycles. The van der Waals surface area contributed by atoms with E-state index < -0.39 is 12.2 Å². The molecule has 2 atom stereocenters. The quantitative estimate of drug-likeness (QED) is 0.0682. The summed E-state index contributed by atoms with van der Waals surface area (Å²) < 4.78 is 18.2. The van der Waals surface area contributed by atoms with Gasteiger partial charge in [0, 0.05) is 65.9 Å². The standard InChI is InChI=1S/C36H39Cl3N4O7/c37-31-11-26(16-43-18-28(47)20-45)33(49-21-24-10-23(13-40)14-42-15-24)12-34(31)50-22-25-4-1-5-29(35(25)38)30-6-2-7-32(36(30)39)48-9-3-8-41-17-27(46)19-44/h1-2,4-7,10-12,14-15,27-28,41,43-47H,3,8-9,16-22H2. The van der Waals surface area contributed by atoms with Gasteiger partial charge in [-0.1, -0.05) is 65.1 Å². The van der Waals surface area contributed by atoms with Crippen LogP contribution in [0.3, 0.4) is 0 Å². The van der Waals surface area contributed by atoms with Crippen LogP contribution < -0.4 is 24.8 Å². The molecule has 0 aliphatic rings. The van der Waals surface area contributed by atoms with Gasteiger partial charge < -0.3 is 45.3 Å². The molecule has 0 saturated heterocycles. The molecular formula is C36H39Cl3N4O7. The van der Waals surface area contributed by atoms with Gasteiger partial charge in [0.15, 0.2) is 0 Å². The molecule has 4 aromatic rings. The summed E-state index contributed by atoms with van der Waals surface area (Å²) in [6.45, 7) is 1.25. The Balaban J connectivity index is 1.48. The number of halogens is 3. The predicted octanol–water partition coefficient (Wildman–Crippen LogP) is 4.89. The van der Waals surface area contributed by atoms with Crippen LogP contribution in [0, 0.1) is 11.3 Å². The second-order valence-corrected chi connectivity index (χ2v) is 12.4. The molecule has 1 heterocycles. The molecule has 2 unspecified atom stereocenters. The number of aliphatic hydroxyl groups is 4. The highest BCUT2D eigenvalue weighted by molar-refractivity contribution is 6.37. The van der Waals surface area contributed by atoms with Crippen LogP contribution in [-0.2, 0) is 19.8 Å². The van der Waals surface area contributed by atoms with Crippen molar-refractivity contribution in [2.75, 3.05) is 39.5 Å². The highest BCUT2D eigenvalue weighted by atomic mass is 35.5. The van der Waals surface area contributed by atoms with Gasteiger partial charge in [-0.2, -0.15) is 5.26 Å². The minimum atomic E-state index is -0.921. The summed E-state index contributed by atoms with van der Waals surface area (Å²) in [6, 6.07) is 18.1. The van der Waals surface area contributed by atoms with Gasteiger partial charge in [0.25, 0.3) is 0 Å². The van der Waals surface area contributed by atoms with E-state index in [-0.39, 0.29) is 39.5 Å². The van der Waals surface area contributed by atoms with Gasteiger partial charge in [0.05, 0.1) is 52.7 Å². The average Bonchev–Trinajstić information content (AvgIpc) is 3.13. The number of aliphatic hydroxyl groups excluding tert-OH is 4. The van der Waals surface area contributed by atoms with Crippen LogP contribution in [0.25, 0.3) is 11.1 Å². The number of benzene rings is 3. The van der Waals surface area contributed by atoms with Crippen molar-refractivity contribution >= 4 is 34.8 Å². The van der Waals surface area contributed by atoms with Crippen LogP contribution in [0.2, 0.25) is 15.1 Å². The zero-order valence-electron chi connectivity index (χ0n) is 27.1. The zero-order chi connectivity index (χ0) is 35.9. The van der Waals surface area contributed by atoms with Crippen LogP contribution in [-0.4, -0.2) is 77.1 Å². The molecule has 50 heavy (non-hydrogen) atoms. The van der Waals surface area contributed by atoms with Gasteiger partial charge >= 0.3 is 0 Å². The summed E-state index contributed by atoms with van der Waals surface area (Å²) in [7, 11) is 0. The Morgan fingerprint density at radius 3 is 2.20 bits per heavy atom. The zero-order valence-corrected chi connectivity index (χ0v) is 29.4. The van der Waals surface area contributed by atoms with Gasteiger partial charge in [-0.25, -0.2) is 0 Å². The van der Waals surface area contributed by atoms with Gasteiger partial charge in [0.2, 0.25) is 0 Å². The molecule has 3 aromatic carbocycles. The van der Waals surface area contributed by atoms with Crippen molar-refractivity contribution in [3.63, 3.8) is 0 Å². The van der Waals surface area contributed by atoms with Crippen LogP contribution in [0.1, 0.15) is 28.7 Å². The van der Waals surface area contributed by atoms with E-state index in [1.807, 2.05) is 30.3 Å². The lowest BCUT2D eigenvalue weighted by atomic mass is 10.0. The summed E-state index contributed by atoms with van der Waals surface area (Å²) >= 11 is 20.3. The Morgan fingerprint density at radius 2 is 1.46 bits per heavy atom. The van der Waals surface area contributed by atoms with Crippen LogP contribution >= 0.6 is 34.8 Å². The van der Waals surface area contributed by atoms with Crippen LogP contribution in [0.15, 0.2) is 67.0 Å². The molecule has 0 fully saturated rings. The molecule has 0 bridgehead atoms. The summed E-state index contributed by atoms with van der Waals surface area (Å²) in [5.41, 5.74) is 3.85. The molecule has 0 radical (unpaired) electrons. The first kappa shape index (κ1) is 39.1. The van der Waals surface area contributed by atoms with Crippen molar-refractivity contribution in [2.24, 2.45) is 0 Å². The third-order valence-corrected chi connectivity index (χ3v) is 8.53. The van der Waals surface area contributed by atoms with Gasteiger partial charge in [-0.3, -0.25) is 4.98 Å². The van der Waals surface area contributed by atoms with E-state index in [0.29, 0.717) is 91.8 Å². The molecule has 6 N–H and O–H groups in total. The largest absolute Gasteiger partial charge is 0.492 e. The third kappa shape index (κ3) is 11.4. The number of ether oxygens (including phenoxy) is 3. The molecule has 0 spiro atoms. The second kappa shape index (κ2) is 20.2. The van der Waals surface area contributed by atoms with Gasteiger partial charge in [-0.15, -0.1) is 0 Å². The molecule has 0 saturated carbocycles. The maximum absolute atomic E-state index is 9.75. The fraction of sp³-hybridized carbons (Fsp3) is 0.333. The number of aromatic nitrogens is 1. The van der Waals surface area contributed by atoms with E-state index >= 15 is 0 Å². The van der Waals surface area contributed by atoms with E-state index in [1.54, 1.807) is 30.5 Å². The predicted molar refractivity (Wildman–Crippen MR) is 192 cm³/mol. The number of pyridine rings is 1. The van der Waals surface area contributed by atoms with E-state index in [1.165, 1.54) is 6.20 Å². The molecule has 11 nitrogen and oxygen atoms in total. The third-order valence-electron chi connectivity index (χ3n) is 7.40. The molecule has 1 aromatic heterocycles. The highest BCUT2D eigenvalue weighted by Crippen LogP contribution is 2.40. The maximum Gasteiger partial charge on any atom is 0.142 e. The number of nitriles is 1. The lowest BCUT2D eigenvalue weighted by Gasteiger charge is -2.18. The van der Waals surface area contributed by atoms with E-state index in [0.717, 1.165) is 0 Å². The number of nitrogens with zero attached hydrogens (tertiary/aromatic N) is 2. The molecule has 14 heteroatoms. The highest BCUT2D eigenvalue weighted by Gasteiger charge is 2.17. The number of hydrogen-bond acceptors (Lipinski definition) is 11. The number of hydrogen-bond donors (Lipinski definition) is 6. The first-order chi connectivity index (χ1) is 24.2. The second-order valence-electron chi connectivity index (χ2n) is 11.3. The molecule has 266 valence electrons. The van der Waals surface area contributed by atoms with Crippen molar-refractivity contribution < 1.29 is 34.6 Å². The first-order valence-electron chi connectivity index (χ1n) is 15.8. The Bertz CT molecular complexity index is 1740. The van der Waals surface area contributed by atoms with Crippen molar-refractivity contribution in [1.82, 2.24) is 15.6 Å². The van der Waals surface area contributed by atoms with E-state index in [4.69, 9.17) is 59.2 Å². The minimum Gasteiger partial charge on any atom is -0.492 e. The number of nitrogens with one attached hydrogen (secondary N) is 2. The van der Waals surface area contributed by atoms with Crippen molar-refractivity contribution in [2.45, 2.75) is 38.4 Å². The molecule has 4 rings (SSSR count). The van der Waals surface area contributed by atoms with E-state index in [2.05, 4.69) is 21.7 Å². The lowest BCUT2D eigenvalue weighted by molar-refractivity contribution is 0.0941. The minimum absolute atomic E-state index is 0.0754. The first-order valence-corrected chi connectivity index (χ1v) is 17.0. The summed E-state index contributed by atoms with van der Waals surface area (Å²) in [5.74, 6) is 1.31. The summed E-state index contributed by atoms with van der Waals surface area (Å²) in [4.78, 5) is 4.09. The maximum atomic E-state index is 9.75. The normalized spacial score (nSPS) is 12.3. The summed E-state index contributed by atoms with van der Waals surface area (Å²) in [5, 5.41) is 53.8. The Morgan fingerprint density at radius 1 is 0.760 bits per heavy atom. The Hall–Kier alpha value is -3.67. The van der Waals surface area contributed by atoms with Crippen LogP contribution in [0.5, 0.6) is 17.2 Å². The van der Waals surface area contributed by atoms with E-state index in [9.17, 15) is 15.5 Å². The molecule has 0 amide bonds. The summed E-state index contributed by atoms with van der Waals surface area (Å²) in [6.07, 6.45) is 2.02. The fourth-order valence-electron chi connectivity index (χ4n) is 4.78. The Labute approximate surface area is 305 Å². The molecular weight excluding hydrogens is 707 g/mol. The average molecular weight is 746 g/mol. The fourth-order valence-corrected chi connectivity index (χ4v) is 5.59. The van der Waals surface area contributed by atoms with Crippen molar-refractivity contribution in [3.05, 3.63) is 104 Å². The smallest absolute Gasteiger partial charge is 0.142 e. The SMILES string of the molecule is N#Cc1cncc(COc2cc(OCc3cccc(-c4cccc(OCCCNCC(O)CO)c4Cl)c3Cl)c(Cl)cc2CNCC(O)CO)c1.